The van der Waals surface area contributed by atoms with Crippen molar-refractivity contribution in [3.63, 3.8) is 0 Å². The summed E-state index contributed by atoms with van der Waals surface area (Å²) in [5.41, 5.74) is 1.80. The lowest BCUT2D eigenvalue weighted by atomic mass is 10.2. The molecule has 2 rings (SSSR count). The monoisotopic (exact) mass is 312 g/mol. The van der Waals surface area contributed by atoms with Gasteiger partial charge in [-0.1, -0.05) is 13.8 Å². The molecule has 23 heavy (non-hydrogen) atoms. The summed E-state index contributed by atoms with van der Waals surface area (Å²) < 4.78 is 0. The number of pyridine rings is 2. The quantitative estimate of drug-likeness (QED) is 0.812. The van der Waals surface area contributed by atoms with Crippen molar-refractivity contribution >= 4 is 11.7 Å². The van der Waals surface area contributed by atoms with Crippen molar-refractivity contribution in [2.24, 2.45) is 0 Å². The number of carbonyl (C=O) groups is 1. The second-order valence-electron chi connectivity index (χ2n) is 5.43. The summed E-state index contributed by atoms with van der Waals surface area (Å²) in [6.07, 6.45) is 7.13. The largest absolute Gasteiger partial charge is 0.366 e. The summed E-state index contributed by atoms with van der Waals surface area (Å²) in [5, 5.41) is 3.25. The van der Waals surface area contributed by atoms with E-state index in [1.807, 2.05) is 23.1 Å². The van der Waals surface area contributed by atoms with Crippen LogP contribution in [-0.4, -0.2) is 33.9 Å². The summed E-state index contributed by atoms with van der Waals surface area (Å²) in [7, 11) is 0. The molecule has 0 saturated carbocycles. The van der Waals surface area contributed by atoms with E-state index in [1.165, 1.54) is 0 Å². The van der Waals surface area contributed by atoms with E-state index in [4.69, 9.17) is 0 Å². The molecule has 0 fully saturated rings. The molecule has 0 unspecified atom stereocenters. The molecule has 2 aromatic heterocycles. The number of carbonyl (C=O) groups excluding carboxylic acids is 1. The van der Waals surface area contributed by atoms with Gasteiger partial charge in [0.05, 0.1) is 0 Å². The van der Waals surface area contributed by atoms with Gasteiger partial charge in [-0.25, -0.2) is 4.98 Å². The number of nitrogens with one attached hydrogen (secondary N) is 1. The molecule has 0 aliphatic carbocycles. The van der Waals surface area contributed by atoms with Crippen LogP contribution in [0.4, 0.5) is 5.82 Å². The van der Waals surface area contributed by atoms with E-state index in [2.05, 4.69) is 29.1 Å². The van der Waals surface area contributed by atoms with Gasteiger partial charge >= 0.3 is 0 Å². The number of anilines is 1. The highest BCUT2D eigenvalue weighted by Gasteiger charge is 2.14. The highest BCUT2D eigenvalue weighted by Crippen LogP contribution is 2.12. The molecule has 0 bridgehead atoms. The lowest BCUT2D eigenvalue weighted by molar-refractivity contribution is 0.0755. The molecule has 0 spiro atoms. The highest BCUT2D eigenvalue weighted by molar-refractivity contribution is 5.94. The van der Waals surface area contributed by atoms with Crippen molar-refractivity contribution in [3.8, 4) is 0 Å². The van der Waals surface area contributed by atoms with Crippen LogP contribution in [0, 0.1) is 0 Å². The van der Waals surface area contributed by atoms with Gasteiger partial charge in [0.2, 0.25) is 0 Å². The normalized spacial score (nSPS) is 10.3. The van der Waals surface area contributed by atoms with Crippen LogP contribution < -0.4 is 5.32 Å². The topological polar surface area (TPSA) is 58.1 Å². The Labute approximate surface area is 137 Å². The molecule has 0 aliphatic heterocycles. The van der Waals surface area contributed by atoms with Gasteiger partial charge in [0.25, 0.3) is 5.91 Å². The maximum Gasteiger partial charge on any atom is 0.254 e. The van der Waals surface area contributed by atoms with E-state index in [-0.39, 0.29) is 5.91 Å². The Hall–Kier alpha value is -2.43. The van der Waals surface area contributed by atoms with Crippen molar-refractivity contribution in [3.05, 3.63) is 54.0 Å². The van der Waals surface area contributed by atoms with E-state index in [0.717, 1.165) is 31.5 Å². The molecule has 0 atom stereocenters. The predicted molar refractivity (Wildman–Crippen MR) is 92.3 cm³/mol. The minimum Gasteiger partial charge on any atom is -0.366 e. The molecule has 1 N–H and O–H groups in total. The Kier molecular flexibility index (Phi) is 6.54. The summed E-state index contributed by atoms with van der Waals surface area (Å²) in [6, 6.07) is 7.50. The third kappa shape index (κ3) is 5.06. The molecule has 1 amide bonds. The number of hydrogen-bond acceptors (Lipinski definition) is 4. The Balaban J connectivity index is 2.04. The Morgan fingerprint density at radius 1 is 1.09 bits per heavy atom. The number of aromatic nitrogens is 2. The summed E-state index contributed by atoms with van der Waals surface area (Å²) in [4.78, 5) is 22.8. The van der Waals surface area contributed by atoms with Gasteiger partial charge in [0.15, 0.2) is 0 Å². The standard InChI is InChI=1S/C18H24N4O/c1-3-11-22(12-4-2)18(23)16-7-10-20-17(13-16)21-14-15-5-8-19-9-6-15/h5-10,13H,3-4,11-12,14H2,1-2H3,(H,20,21). The number of rotatable bonds is 8. The van der Waals surface area contributed by atoms with E-state index >= 15 is 0 Å². The minimum absolute atomic E-state index is 0.0723. The second kappa shape index (κ2) is 8.88. The van der Waals surface area contributed by atoms with Gasteiger partial charge in [-0.05, 0) is 42.7 Å². The van der Waals surface area contributed by atoms with Crippen LogP contribution in [0.1, 0.15) is 42.6 Å². The average molecular weight is 312 g/mol. The first kappa shape index (κ1) is 16.9. The molecule has 0 saturated heterocycles. The van der Waals surface area contributed by atoms with Crippen LogP contribution in [0.5, 0.6) is 0 Å². The fourth-order valence-corrected chi connectivity index (χ4v) is 2.39. The van der Waals surface area contributed by atoms with Crippen molar-refractivity contribution in [1.29, 1.82) is 0 Å². The highest BCUT2D eigenvalue weighted by atomic mass is 16.2. The van der Waals surface area contributed by atoms with Crippen LogP contribution in [0.2, 0.25) is 0 Å². The Morgan fingerprint density at radius 3 is 2.43 bits per heavy atom. The van der Waals surface area contributed by atoms with Crippen LogP contribution in [0.3, 0.4) is 0 Å². The maximum absolute atomic E-state index is 12.6. The lowest BCUT2D eigenvalue weighted by Gasteiger charge is -2.21. The van der Waals surface area contributed by atoms with Gasteiger partial charge in [0, 0.05) is 43.8 Å². The molecule has 0 aromatic carbocycles. The van der Waals surface area contributed by atoms with Gasteiger partial charge in [-0.15, -0.1) is 0 Å². The molecular formula is C18H24N4O. The van der Waals surface area contributed by atoms with Gasteiger partial charge in [-0.2, -0.15) is 0 Å². The van der Waals surface area contributed by atoms with Crippen LogP contribution in [0.25, 0.3) is 0 Å². The molecule has 0 aliphatic rings. The fourth-order valence-electron chi connectivity index (χ4n) is 2.39. The fraction of sp³-hybridized carbons (Fsp3) is 0.389. The zero-order valence-electron chi connectivity index (χ0n) is 13.8. The predicted octanol–water partition coefficient (Wildman–Crippen LogP) is 3.35. The molecule has 5 nitrogen and oxygen atoms in total. The van der Waals surface area contributed by atoms with Crippen molar-refractivity contribution in [2.45, 2.75) is 33.2 Å². The number of nitrogens with zero attached hydrogens (tertiary/aromatic N) is 3. The van der Waals surface area contributed by atoms with Gasteiger partial charge < -0.3 is 10.2 Å². The van der Waals surface area contributed by atoms with E-state index in [0.29, 0.717) is 17.9 Å². The summed E-state index contributed by atoms with van der Waals surface area (Å²) >= 11 is 0. The lowest BCUT2D eigenvalue weighted by Crippen LogP contribution is -2.32. The first-order chi connectivity index (χ1) is 11.2. The van der Waals surface area contributed by atoms with Crippen molar-refractivity contribution < 1.29 is 4.79 Å². The minimum atomic E-state index is 0.0723. The van der Waals surface area contributed by atoms with E-state index in [9.17, 15) is 4.79 Å². The first-order valence-corrected chi connectivity index (χ1v) is 8.12. The van der Waals surface area contributed by atoms with Crippen LogP contribution in [-0.2, 0) is 6.54 Å². The number of amides is 1. The van der Waals surface area contributed by atoms with Gasteiger partial charge in [-0.3, -0.25) is 9.78 Å². The third-order valence-electron chi connectivity index (χ3n) is 3.50. The zero-order valence-corrected chi connectivity index (χ0v) is 13.8. The first-order valence-electron chi connectivity index (χ1n) is 8.12. The molecule has 5 heteroatoms. The second-order valence-corrected chi connectivity index (χ2v) is 5.43. The summed E-state index contributed by atoms with van der Waals surface area (Å²) in [5.74, 6) is 0.781. The number of hydrogen-bond donors (Lipinski definition) is 1. The Morgan fingerprint density at radius 2 is 1.78 bits per heavy atom. The molecule has 122 valence electrons. The molecule has 0 radical (unpaired) electrons. The smallest absolute Gasteiger partial charge is 0.254 e. The molecule has 2 heterocycles. The van der Waals surface area contributed by atoms with Crippen molar-refractivity contribution in [1.82, 2.24) is 14.9 Å². The SMILES string of the molecule is CCCN(CCC)C(=O)c1ccnc(NCc2ccncc2)c1. The zero-order chi connectivity index (χ0) is 16.5. The average Bonchev–Trinajstić information content (AvgIpc) is 2.60. The maximum atomic E-state index is 12.6. The van der Waals surface area contributed by atoms with E-state index in [1.54, 1.807) is 24.7 Å². The molecule has 2 aromatic rings. The van der Waals surface area contributed by atoms with Crippen LogP contribution in [0.15, 0.2) is 42.9 Å². The van der Waals surface area contributed by atoms with Gasteiger partial charge in [0.1, 0.15) is 5.82 Å². The Bertz CT molecular complexity index is 609. The van der Waals surface area contributed by atoms with Crippen LogP contribution >= 0.6 is 0 Å². The van der Waals surface area contributed by atoms with E-state index < -0.39 is 0 Å². The summed E-state index contributed by atoms with van der Waals surface area (Å²) in [6.45, 7) is 6.40. The molecular weight excluding hydrogens is 288 g/mol. The third-order valence-corrected chi connectivity index (χ3v) is 3.50. The van der Waals surface area contributed by atoms with Crippen molar-refractivity contribution in [2.75, 3.05) is 18.4 Å².